The monoisotopic (exact) mass is 312 g/mol. The van der Waals surface area contributed by atoms with Gasteiger partial charge >= 0.3 is 0 Å². The lowest BCUT2D eigenvalue weighted by Crippen LogP contribution is -2.23. The van der Waals surface area contributed by atoms with Gasteiger partial charge in [0.05, 0.1) is 23.2 Å². The minimum absolute atomic E-state index is 0.0294. The van der Waals surface area contributed by atoms with E-state index < -0.39 is 10.0 Å². The molecule has 2 rings (SSSR count). The molecule has 0 unspecified atom stereocenters. The Kier molecular flexibility index (Phi) is 4.04. The van der Waals surface area contributed by atoms with Crippen LogP contribution in [0.5, 0.6) is 0 Å². The molecule has 1 N–H and O–H groups in total. The van der Waals surface area contributed by atoms with E-state index in [1.165, 1.54) is 18.2 Å². The number of sulfonamides is 1. The Hall–Kier alpha value is -1.95. The maximum absolute atomic E-state index is 12.1. The van der Waals surface area contributed by atoms with Gasteiger partial charge in [0.1, 0.15) is 4.90 Å². The van der Waals surface area contributed by atoms with Gasteiger partial charge < -0.3 is 4.52 Å². The molecular weight excluding hydrogens is 304 g/mol. The molecule has 20 heavy (non-hydrogen) atoms. The summed E-state index contributed by atoms with van der Waals surface area (Å²) in [5, 5.41) is 12.2. The van der Waals surface area contributed by atoms with Crippen molar-refractivity contribution in [1.82, 2.24) is 14.9 Å². The first-order valence-corrected chi connectivity index (χ1v) is 7.27. The van der Waals surface area contributed by atoms with E-state index in [0.717, 1.165) is 0 Å². The average molecular weight is 313 g/mol. The van der Waals surface area contributed by atoms with E-state index >= 15 is 0 Å². The Labute approximate surface area is 120 Å². The van der Waals surface area contributed by atoms with E-state index in [2.05, 4.69) is 14.9 Å². The van der Waals surface area contributed by atoms with Crippen molar-refractivity contribution in [1.29, 1.82) is 5.26 Å². The summed E-state index contributed by atoms with van der Waals surface area (Å²) in [6.07, 6.45) is 0. The predicted molar refractivity (Wildman–Crippen MR) is 69.2 cm³/mol. The average Bonchev–Trinajstić information content (AvgIpc) is 2.82. The topological polar surface area (TPSA) is 109 Å². The van der Waals surface area contributed by atoms with Crippen molar-refractivity contribution in [3.63, 3.8) is 0 Å². The molecule has 0 saturated heterocycles. The summed E-state index contributed by atoms with van der Waals surface area (Å²) in [4.78, 5) is 3.76. The van der Waals surface area contributed by atoms with Gasteiger partial charge in [-0.3, -0.25) is 0 Å². The van der Waals surface area contributed by atoms with Crippen LogP contribution < -0.4 is 4.72 Å². The highest BCUT2D eigenvalue weighted by molar-refractivity contribution is 7.89. The van der Waals surface area contributed by atoms with Crippen molar-refractivity contribution < 1.29 is 12.9 Å². The van der Waals surface area contributed by atoms with Crippen molar-refractivity contribution in [3.8, 4) is 6.07 Å². The summed E-state index contributed by atoms with van der Waals surface area (Å²) in [6, 6.07) is 5.80. The molecule has 0 amide bonds. The van der Waals surface area contributed by atoms with Crippen LogP contribution in [0, 0.1) is 18.3 Å². The molecule has 1 aromatic carbocycles. The Morgan fingerprint density at radius 2 is 2.25 bits per heavy atom. The third-order valence-electron chi connectivity index (χ3n) is 2.33. The van der Waals surface area contributed by atoms with E-state index in [1.807, 2.05) is 6.07 Å². The summed E-state index contributed by atoms with van der Waals surface area (Å²) in [5.74, 6) is 0.562. The van der Waals surface area contributed by atoms with Crippen LogP contribution in [0.15, 0.2) is 27.6 Å². The molecule has 2 aromatic rings. The Morgan fingerprint density at radius 1 is 1.50 bits per heavy atom. The van der Waals surface area contributed by atoms with Crippen LogP contribution in [-0.4, -0.2) is 18.6 Å². The van der Waals surface area contributed by atoms with Crippen LogP contribution in [0.4, 0.5) is 0 Å². The fourth-order valence-corrected chi connectivity index (χ4v) is 2.95. The zero-order chi connectivity index (χ0) is 14.8. The van der Waals surface area contributed by atoms with Crippen molar-refractivity contribution in [2.45, 2.75) is 18.4 Å². The highest BCUT2D eigenvalue weighted by atomic mass is 35.5. The number of aromatic nitrogens is 2. The Morgan fingerprint density at radius 3 is 2.80 bits per heavy atom. The molecule has 1 heterocycles. The molecule has 0 saturated carbocycles. The third kappa shape index (κ3) is 3.14. The second-order valence-corrected chi connectivity index (χ2v) is 5.96. The Balaban J connectivity index is 2.20. The smallest absolute Gasteiger partial charge is 0.242 e. The van der Waals surface area contributed by atoms with Crippen molar-refractivity contribution >= 4 is 21.6 Å². The molecule has 0 aliphatic heterocycles. The molecule has 0 aliphatic rings. The van der Waals surface area contributed by atoms with E-state index in [1.54, 1.807) is 6.92 Å². The SMILES string of the molecule is Cc1noc(CNS(=O)(=O)c2ccc(C#N)cc2Cl)n1. The first kappa shape index (κ1) is 14.5. The number of nitrogens with zero attached hydrogens (tertiary/aromatic N) is 3. The molecule has 1 aromatic heterocycles. The van der Waals surface area contributed by atoms with Crippen LogP contribution in [-0.2, 0) is 16.6 Å². The van der Waals surface area contributed by atoms with Gasteiger partial charge in [-0.05, 0) is 25.1 Å². The summed E-state index contributed by atoms with van der Waals surface area (Å²) >= 11 is 5.86. The quantitative estimate of drug-likeness (QED) is 0.913. The number of hydrogen-bond acceptors (Lipinski definition) is 6. The molecule has 0 fully saturated rings. The molecule has 0 spiro atoms. The molecule has 0 aliphatic carbocycles. The summed E-state index contributed by atoms with van der Waals surface area (Å²) in [5.41, 5.74) is 0.279. The minimum Gasteiger partial charge on any atom is -0.338 e. The van der Waals surface area contributed by atoms with Gasteiger partial charge in [-0.1, -0.05) is 16.8 Å². The van der Waals surface area contributed by atoms with Gasteiger partial charge in [0, 0.05) is 0 Å². The summed E-state index contributed by atoms with van der Waals surface area (Å²) < 4.78 is 31.2. The van der Waals surface area contributed by atoms with E-state index in [0.29, 0.717) is 5.82 Å². The van der Waals surface area contributed by atoms with Crippen LogP contribution in [0.2, 0.25) is 5.02 Å². The van der Waals surface area contributed by atoms with Crippen LogP contribution in [0.3, 0.4) is 0 Å². The summed E-state index contributed by atoms with van der Waals surface area (Å²) in [7, 11) is -3.82. The first-order valence-electron chi connectivity index (χ1n) is 5.41. The molecule has 7 nitrogen and oxygen atoms in total. The largest absolute Gasteiger partial charge is 0.338 e. The highest BCUT2D eigenvalue weighted by Gasteiger charge is 2.19. The fourth-order valence-electron chi connectivity index (χ4n) is 1.43. The number of nitrogens with one attached hydrogen (secondary N) is 1. The third-order valence-corrected chi connectivity index (χ3v) is 4.22. The van der Waals surface area contributed by atoms with Gasteiger partial charge in [-0.2, -0.15) is 10.2 Å². The van der Waals surface area contributed by atoms with Gasteiger partial charge in [-0.15, -0.1) is 0 Å². The van der Waals surface area contributed by atoms with Crippen LogP contribution in [0.25, 0.3) is 0 Å². The molecule has 104 valence electrons. The number of rotatable bonds is 4. The van der Waals surface area contributed by atoms with Crippen LogP contribution in [0.1, 0.15) is 17.3 Å². The second kappa shape index (κ2) is 5.58. The molecule has 0 radical (unpaired) electrons. The highest BCUT2D eigenvalue weighted by Crippen LogP contribution is 2.22. The van der Waals surface area contributed by atoms with Gasteiger partial charge in [0.2, 0.25) is 15.9 Å². The number of hydrogen-bond donors (Lipinski definition) is 1. The van der Waals surface area contributed by atoms with Crippen molar-refractivity contribution in [3.05, 3.63) is 40.5 Å². The number of halogens is 1. The zero-order valence-corrected chi connectivity index (χ0v) is 11.9. The number of benzene rings is 1. The predicted octanol–water partition coefficient (Wildman–Crippen LogP) is 1.38. The molecule has 0 bridgehead atoms. The lowest BCUT2D eigenvalue weighted by atomic mass is 10.2. The fraction of sp³-hybridized carbons (Fsp3) is 0.182. The van der Waals surface area contributed by atoms with E-state index in [-0.39, 0.29) is 27.9 Å². The minimum atomic E-state index is -3.82. The van der Waals surface area contributed by atoms with Gasteiger partial charge in [0.15, 0.2) is 5.82 Å². The van der Waals surface area contributed by atoms with E-state index in [4.69, 9.17) is 21.4 Å². The summed E-state index contributed by atoms with van der Waals surface area (Å²) in [6.45, 7) is 1.48. The van der Waals surface area contributed by atoms with E-state index in [9.17, 15) is 8.42 Å². The maximum atomic E-state index is 12.1. The lowest BCUT2D eigenvalue weighted by Gasteiger charge is -2.06. The van der Waals surface area contributed by atoms with Crippen molar-refractivity contribution in [2.24, 2.45) is 0 Å². The van der Waals surface area contributed by atoms with Gasteiger partial charge in [-0.25, -0.2) is 13.1 Å². The number of nitriles is 1. The molecular formula is C11H9ClN4O3S. The standard InChI is InChI=1S/C11H9ClN4O3S/c1-7-15-11(19-16-7)6-14-20(17,18)10-3-2-8(5-13)4-9(10)12/h2-4,14H,6H2,1H3. The first-order chi connectivity index (χ1) is 9.42. The van der Waals surface area contributed by atoms with Crippen LogP contribution >= 0.6 is 11.6 Å². The molecule has 9 heteroatoms. The normalized spacial score (nSPS) is 11.2. The lowest BCUT2D eigenvalue weighted by molar-refractivity contribution is 0.372. The second-order valence-electron chi connectivity index (χ2n) is 3.82. The Bertz CT molecular complexity index is 779. The molecule has 0 atom stereocenters. The maximum Gasteiger partial charge on any atom is 0.242 e. The van der Waals surface area contributed by atoms with Gasteiger partial charge in [0.25, 0.3) is 0 Å². The van der Waals surface area contributed by atoms with Crippen molar-refractivity contribution in [2.75, 3.05) is 0 Å². The number of aryl methyl sites for hydroxylation is 1. The zero-order valence-electron chi connectivity index (χ0n) is 10.3.